The second kappa shape index (κ2) is 8.09. The molecule has 1 atom stereocenters. The predicted octanol–water partition coefficient (Wildman–Crippen LogP) is 3.85. The third-order valence-corrected chi connectivity index (χ3v) is 4.99. The molecular weight excluding hydrogens is 338 g/mol. The first-order chi connectivity index (χ1) is 12.9. The van der Waals surface area contributed by atoms with Crippen LogP contribution in [-0.4, -0.2) is 42.5 Å². The maximum Gasteiger partial charge on any atom is 0.255 e. The topological polar surface area (TPSA) is 54.5 Å². The van der Waals surface area contributed by atoms with Crippen molar-refractivity contribution in [1.29, 1.82) is 0 Å². The van der Waals surface area contributed by atoms with Gasteiger partial charge in [0.1, 0.15) is 5.75 Å². The number of nitrogens with zero attached hydrogens (tertiary/aromatic N) is 2. The molecule has 1 aliphatic heterocycles. The number of aromatic nitrogens is 1. The fraction of sp³-hybridized carbons (Fsp3) is 0.455. The summed E-state index contributed by atoms with van der Waals surface area (Å²) in [5.74, 6) is 1.81. The van der Waals surface area contributed by atoms with Crippen LogP contribution in [0.25, 0.3) is 0 Å². The number of amides is 1. The molecular formula is C22H29N3O2. The number of likely N-dealkylation sites (tertiary alicyclic amines) is 1. The quantitative estimate of drug-likeness (QED) is 0.872. The van der Waals surface area contributed by atoms with Gasteiger partial charge < -0.3 is 15.0 Å². The van der Waals surface area contributed by atoms with E-state index in [4.69, 9.17) is 4.74 Å². The SMILES string of the molecule is CNC[C@H]1CCN(C(=O)c2ccc(Oc3ccc(C(C)(C)C)cc3)nc2)C1. The van der Waals surface area contributed by atoms with E-state index in [9.17, 15) is 4.79 Å². The van der Waals surface area contributed by atoms with Gasteiger partial charge in [-0.1, -0.05) is 32.9 Å². The number of pyridine rings is 1. The Labute approximate surface area is 161 Å². The molecule has 1 amide bonds. The molecule has 0 spiro atoms. The van der Waals surface area contributed by atoms with Gasteiger partial charge in [-0.15, -0.1) is 0 Å². The molecule has 1 saturated heterocycles. The molecule has 0 unspecified atom stereocenters. The Morgan fingerprint density at radius 3 is 2.56 bits per heavy atom. The van der Waals surface area contributed by atoms with Gasteiger partial charge in [-0.25, -0.2) is 4.98 Å². The molecule has 27 heavy (non-hydrogen) atoms. The number of hydrogen-bond acceptors (Lipinski definition) is 4. The number of benzene rings is 1. The van der Waals surface area contributed by atoms with E-state index >= 15 is 0 Å². The minimum absolute atomic E-state index is 0.0437. The van der Waals surface area contributed by atoms with Crippen LogP contribution in [0.5, 0.6) is 11.6 Å². The van der Waals surface area contributed by atoms with Crippen LogP contribution in [0.4, 0.5) is 0 Å². The Hall–Kier alpha value is -2.40. The van der Waals surface area contributed by atoms with E-state index in [0.29, 0.717) is 17.4 Å². The van der Waals surface area contributed by atoms with E-state index in [2.05, 4.69) is 43.2 Å². The minimum atomic E-state index is 0.0437. The number of ether oxygens (including phenoxy) is 1. The van der Waals surface area contributed by atoms with Crippen LogP contribution in [0.1, 0.15) is 43.1 Å². The summed E-state index contributed by atoms with van der Waals surface area (Å²) < 4.78 is 5.81. The van der Waals surface area contributed by atoms with Gasteiger partial charge in [0.2, 0.25) is 5.88 Å². The largest absolute Gasteiger partial charge is 0.439 e. The molecule has 3 rings (SSSR count). The highest BCUT2D eigenvalue weighted by atomic mass is 16.5. The standard InChI is InChI=1S/C22H29N3O2/c1-22(2,3)18-6-8-19(9-7-18)27-20-10-5-17(14-24-20)21(26)25-12-11-16(15-25)13-23-4/h5-10,14,16,23H,11-13,15H2,1-4H3/t16-/m1/s1. The van der Waals surface area contributed by atoms with Gasteiger partial charge >= 0.3 is 0 Å². The van der Waals surface area contributed by atoms with E-state index in [1.807, 2.05) is 24.1 Å². The molecule has 2 heterocycles. The second-order valence-electron chi connectivity index (χ2n) is 8.23. The molecule has 144 valence electrons. The molecule has 2 aromatic rings. The summed E-state index contributed by atoms with van der Waals surface area (Å²) in [6.07, 6.45) is 2.65. The Bertz CT molecular complexity index is 764. The fourth-order valence-electron chi connectivity index (χ4n) is 3.37. The number of nitrogens with one attached hydrogen (secondary N) is 1. The Morgan fingerprint density at radius 2 is 1.96 bits per heavy atom. The van der Waals surface area contributed by atoms with Crippen LogP contribution in [0.2, 0.25) is 0 Å². The first-order valence-corrected chi connectivity index (χ1v) is 9.55. The van der Waals surface area contributed by atoms with Gasteiger partial charge in [0.15, 0.2) is 0 Å². The smallest absolute Gasteiger partial charge is 0.255 e. The summed E-state index contributed by atoms with van der Waals surface area (Å²) in [4.78, 5) is 18.8. The van der Waals surface area contributed by atoms with E-state index < -0.39 is 0 Å². The van der Waals surface area contributed by atoms with Crippen LogP contribution in [-0.2, 0) is 5.41 Å². The summed E-state index contributed by atoms with van der Waals surface area (Å²) in [5, 5.41) is 3.18. The number of rotatable bonds is 5. The van der Waals surface area contributed by atoms with Crippen molar-refractivity contribution in [2.24, 2.45) is 5.92 Å². The van der Waals surface area contributed by atoms with Gasteiger partial charge in [0.05, 0.1) is 5.56 Å². The number of hydrogen-bond donors (Lipinski definition) is 1. The maximum atomic E-state index is 12.6. The van der Waals surface area contributed by atoms with Crippen molar-refractivity contribution in [1.82, 2.24) is 15.2 Å². The number of carbonyl (C=O) groups is 1. The normalized spacial score (nSPS) is 17.2. The van der Waals surface area contributed by atoms with Crippen LogP contribution in [0.15, 0.2) is 42.6 Å². The highest BCUT2D eigenvalue weighted by Crippen LogP contribution is 2.26. The lowest BCUT2D eigenvalue weighted by Crippen LogP contribution is -2.30. The number of carbonyl (C=O) groups excluding carboxylic acids is 1. The first-order valence-electron chi connectivity index (χ1n) is 9.55. The predicted molar refractivity (Wildman–Crippen MR) is 107 cm³/mol. The molecule has 1 fully saturated rings. The van der Waals surface area contributed by atoms with Crippen molar-refractivity contribution in [3.63, 3.8) is 0 Å². The average molecular weight is 367 g/mol. The van der Waals surface area contributed by atoms with Crippen molar-refractivity contribution in [3.8, 4) is 11.6 Å². The van der Waals surface area contributed by atoms with Gasteiger partial charge in [0, 0.05) is 25.4 Å². The highest BCUT2D eigenvalue weighted by molar-refractivity contribution is 5.94. The lowest BCUT2D eigenvalue weighted by molar-refractivity contribution is 0.0786. The van der Waals surface area contributed by atoms with Crippen molar-refractivity contribution in [2.45, 2.75) is 32.6 Å². The summed E-state index contributed by atoms with van der Waals surface area (Å²) >= 11 is 0. The molecule has 0 radical (unpaired) electrons. The fourth-order valence-corrected chi connectivity index (χ4v) is 3.37. The van der Waals surface area contributed by atoms with Gasteiger partial charge in [-0.3, -0.25) is 4.79 Å². The lowest BCUT2D eigenvalue weighted by atomic mass is 9.87. The molecule has 1 aromatic heterocycles. The van der Waals surface area contributed by atoms with Crippen LogP contribution >= 0.6 is 0 Å². The van der Waals surface area contributed by atoms with E-state index in [1.54, 1.807) is 18.3 Å². The lowest BCUT2D eigenvalue weighted by Gasteiger charge is -2.19. The molecule has 0 saturated carbocycles. The molecule has 0 aliphatic carbocycles. The summed E-state index contributed by atoms with van der Waals surface area (Å²) in [6.45, 7) is 9.11. The maximum absolute atomic E-state index is 12.6. The Kier molecular flexibility index (Phi) is 5.80. The third kappa shape index (κ3) is 4.86. The summed E-state index contributed by atoms with van der Waals surface area (Å²) in [7, 11) is 1.95. The Balaban J connectivity index is 1.61. The summed E-state index contributed by atoms with van der Waals surface area (Å²) in [6, 6.07) is 11.6. The van der Waals surface area contributed by atoms with Crippen LogP contribution in [0, 0.1) is 5.92 Å². The molecule has 1 aliphatic rings. The average Bonchev–Trinajstić information content (AvgIpc) is 3.10. The van der Waals surface area contributed by atoms with E-state index in [0.717, 1.165) is 31.8 Å². The molecule has 5 heteroatoms. The van der Waals surface area contributed by atoms with E-state index in [-0.39, 0.29) is 11.3 Å². The molecule has 0 bridgehead atoms. The Morgan fingerprint density at radius 1 is 1.22 bits per heavy atom. The molecule has 5 nitrogen and oxygen atoms in total. The first kappa shape index (κ1) is 19.4. The third-order valence-electron chi connectivity index (χ3n) is 4.99. The van der Waals surface area contributed by atoms with Crippen molar-refractivity contribution in [3.05, 3.63) is 53.7 Å². The summed E-state index contributed by atoms with van der Waals surface area (Å²) in [5.41, 5.74) is 1.97. The van der Waals surface area contributed by atoms with Gasteiger partial charge in [-0.05, 0) is 55.1 Å². The van der Waals surface area contributed by atoms with Crippen LogP contribution in [0.3, 0.4) is 0 Å². The van der Waals surface area contributed by atoms with Gasteiger partial charge in [-0.2, -0.15) is 0 Å². The van der Waals surface area contributed by atoms with Crippen molar-refractivity contribution in [2.75, 3.05) is 26.7 Å². The van der Waals surface area contributed by atoms with Crippen molar-refractivity contribution < 1.29 is 9.53 Å². The molecule has 1 aromatic carbocycles. The monoisotopic (exact) mass is 367 g/mol. The van der Waals surface area contributed by atoms with Crippen LogP contribution < -0.4 is 10.1 Å². The molecule has 1 N–H and O–H groups in total. The highest BCUT2D eigenvalue weighted by Gasteiger charge is 2.26. The van der Waals surface area contributed by atoms with Crippen molar-refractivity contribution >= 4 is 5.91 Å². The zero-order valence-corrected chi connectivity index (χ0v) is 16.7. The minimum Gasteiger partial charge on any atom is -0.439 e. The zero-order valence-electron chi connectivity index (χ0n) is 16.7. The van der Waals surface area contributed by atoms with E-state index in [1.165, 1.54) is 5.56 Å². The zero-order chi connectivity index (χ0) is 19.4. The van der Waals surface area contributed by atoms with Gasteiger partial charge in [0.25, 0.3) is 5.91 Å². The second-order valence-corrected chi connectivity index (χ2v) is 8.23.